The minimum atomic E-state index is -5.09. The Morgan fingerprint density at radius 3 is 1.86 bits per heavy atom. The molecule has 0 amide bonds. The van der Waals surface area contributed by atoms with E-state index in [2.05, 4.69) is 0 Å². The second kappa shape index (κ2) is 7.87. The predicted octanol–water partition coefficient (Wildman–Crippen LogP) is 5.89. The summed E-state index contributed by atoms with van der Waals surface area (Å²) in [4.78, 5) is 0. The molecule has 0 saturated heterocycles. The molecule has 0 fully saturated rings. The number of hydrogen-bond donors (Lipinski definition) is 3. The first-order valence-corrected chi connectivity index (χ1v) is 10.8. The van der Waals surface area contributed by atoms with E-state index in [9.17, 15) is 23.2 Å². The van der Waals surface area contributed by atoms with Crippen LogP contribution in [0.4, 0.5) is 0 Å². The van der Waals surface area contributed by atoms with Gasteiger partial charge in [0.15, 0.2) is 4.75 Å². The molecule has 0 spiro atoms. The molecule has 0 aliphatic heterocycles. The van der Waals surface area contributed by atoms with Gasteiger partial charge in [-0.15, -0.1) is 0 Å². The number of halogens is 4. The fourth-order valence-electron chi connectivity index (χ4n) is 3.22. The molecule has 0 radical (unpaired) electrons. The Morgan fingerprint density at radius 1 is 0.759 bits per heavy atom. The number of benzene rings is 3. The Balaban J connectivity index is 2.63. The molecule has 0 bridgehead atoms. The quantitative estimate of drug-likeness (QED) is 0.311. The average molecular weight is 494 g/mol. The van der Waals surface area contributed by atoms with Crippen molar-refractivity contribution in [3.8, 4) is 11.5 Å². The van der Waals surface area contributed by atoms with Gasteiger partial charge in [-0.2, -0.15) is 8.42 Å². The van der Waals surface area contributed by atoms with Gasteiger partial charge in [0, 0.05) is 15.6 Å². The largest absolute Gasteiger partial charge is 0.508 e. The van der Waals surface area contributed by atoms with Crippen LogP contribution in [0.3, 0.4) is 0 Å². The minimum Gasteiger partial charge on any atom is -0.508 e. The maximum atomic E-state index is 13.0. The maximum Gasteiger partial charge on any atom is 0.283 e. The highest BCUT2D eigenvalue weighted by Crippen LogP contribution is 2.51. The van der Waals surface area contributed by atoms with Gasteiger partial charge in [0.05, 0.1) is 5.02 Å². The Hall–Kier alpha value is -1.67. The molecule has 0 aromatic heterocycles. The molecule has 0 heterocycles. The van der Waals surface area contributed by atoms with E-state index in [1.807, 2.05) is 0 Å². The third-order valence-corrected chi connectivity index (χ3v) is 7.24. The first-order valence-electron chi connectivity index (χ1n) is 7.89. The lowest BCUT2D eigenvalue weighted by Gasteiger charge is -2.34. The molecule has 3 aromatic carbocycles. The molecular formula is C19H12Cl4O5S. The molecule has 0 aliphatic rings. The zero-order valence-electron chi connectivity index (χ0n) is 14.3. The predicted molar refractivity (Wildman–Crippen MR) is 114 cm³/mol. The summed E-state index contributed by atoms with van der Waals surface area (Å²) in [5, 5.41) is 19.6. The third kappa shape index (κ3) is 3.65. The van der Waals surface area contributed by atoms with Crippen LogP contribution in [0.25, 0.3) is 0 Å². The zero-order chi connectivity index (χ0) is 21.6. The van der Waals surface area contributed by atoms with Gasteiger partial charge in [-0.05, 0) is 47.5 Å². The van der Waals surface area contributed by atoms with E-state index >= 15 is 0 Å². The van der Waals surface area contributed by atoms with Gasteiger partial charge in [0.25, 0.3) is 10.1 Å². The highest BCUT2D eigenvalue weighted by molar-refractivity contribution is 7.87. The second-order valence-corrected chi connectivity index (χ2v) is 9.26. The fraction of sp³-hybridized carbons (Fsp3) is 0.0526. The average Bonchev–Trinajstić information content (AvgIpc) is 2.61. The number of phenols is 2. The standard InChI is InChI=1S/C19H12Cl4O5S/c20-13-5-2-6-14(21)17(13)19(29(26,27)28,10-3-1-4-12(24)7-10)11-8-15(22)18(23)16(25)9-11/h1-9,24-25H,(H,26,27,28). The van der Waals surface area contributed by atoms with Crippen LogP contribution in [-0.2, 0) is 14.9 Å². The zero-order valence-corrected chi connectivity index (χ0v) is 18.1. The molecule has 3 rings (SSSR count). The summed E-state index contributed by atoms with van der Waals surface area (Å²) in [5.41, 5.74) is -0.463. The SMILES string of the molecule is O=S(=O)(O)C(c1cccc(O)c1)(c1cc(O)c(Cl)c(Cl)c1)c1c(Cl)cccc1Cl. The molecule has 3 N–H and O–H groups in total. The Kier molecular flexibility index (Phi) is 5.98. The molecule has 10 heteroatoms. The van der Waals surface area contributed by atoms with E-state index in [4.69, 9.17) is 46.4 Å². The van der Waals surface area contributed by atoms with Crippen LogP contribution >= 0.6 is 46.4 Å². The van der Waals surface area contributed by atoms with Gasteiger partial charge in [0.1, 0.15) is 16.5 Å². The van der Waals surface area contributed by atoms with Gasteiger partial charge in [0.2, 0.25) is 0 Å². The topological polar surface area (TPSA) is 94.8 Å². The number of hydrogen-bond acceptors (Lipinski definition) is 4. The van der Waals surface area contributed by atoms with E-state index in [0.29, 0.717) is 0 Å². The van der Waals surface area contributed by atoms with E-state index in [0.717, 1.165) is 12.1 Å². The van der Waals surface area contributed by atoms with Crippen molar-refractivity contribution < 1.29 is 23.2 Å². The van der Waals surface area contributed by atoms with Crippen LogP contribution in [0.1, 0.15) is 16.7 Å². The molecule has 5 nitrogen and oxygen atoms in total. The highest BCUT2D eigenvalue weighted by Gasteiger charge is 2.51. The Bertz CT molecular complexity index is 1170. The highest BCUT2D eigenvalue weighted by atomic mass is 35.5. The summed E-state index contributed by atoms with van der Waals surface area (Å²) in [6.45, 7) is 0. The summed E-state index contributed by atoms with van der Waals surface area (Å²) >= 11 is 24.6. The Morgan fingerprint density at radius 2 is 1.34 bits per heavy atom. The van der Waals surface area contributed by atoms with E-state index in [1.54, 1.807) is 0 Å². The van der Waals surface area contributed by atoms with E-state index < -0.39 is 20.6 Å². The lowest BCUT2D eigenvalue weighted by molar-refractivity contribution is 0.455. The molecular weight excluding hydrogens is 482 g/mol. The van der Waals surface area contributed by atoms with E-state index in [1.165, 1.54) is 42.5 Å². The summed E-state index contributed by atoms with van der Waals surface area (Å²) in [5.74, 6) is -0.798. The smallest absolute Gasteiger partial charge is 0.283 e. The van der Waals surface area contributed by atoms with Gasteiger partial charge in [-0.3, -0.25) is 4.55 Å². The van der Waals surface area contributed by atoms with Gasteiger partial charge < -0.3 is 10.2 Å². The van der Waals surface area contributed by atoms with Crippen molar-refractivity contribution in [2.75, 3.05) is 0 Å². The molecule has 1 unspecified atom stereocenters. The molecule has 0 saturated carbocycles. The summed E-state index contributed by atoms with van der Waals surface area (Å²) in [7, 11) is -5.09. The third-order valence-electron chi connectivity index (χ3n) is 4.37. The van der Waals surface area contributed by atoms with Crippen LogP contribution in [0, 0.1) is 0 Å². The van der Waals surface area contributed by atoms with Crippen molar-refractivity contribution in [2.45, 2.75) is 4.75 Å². The van der Waals surface area contributed by atoms with Crippen LogP contribution in [-0.4, -0.2) is 23.2 Å². The van der Waals surface area contributed by atoms with Crippen LogP contribution in [0.2, 0.25) is 20.1 Å². The van der Waals surface area contributed by atoms with Gasteiger partial charge >= 0.3 is 0 Å². The van der Waals surface area contributed by atoms with Crippen molar-refractivity contribution in [1.29, 1.82) is 0 Å². The van der Waals surface area contributed by atoms with Gasteiger partial charge in [-0.1, -0.05) is 64.6 Å². The first kappa shape index (κ1) is 22.0. The van der Waals surface area contributed by atoms with Crippen molar-refractivity contribution in [2.24, 2.45) is 0 Å². The summed E-state index contributed by atoms with van der Waals surface area (Å²) in [6.07, 6.45) is 0. The molecule has 3 aromatic rings. The monoisotopic (exact) mass is 492 g/mol. The van der Waals surface area contributed by atoms with Crippen molar-refractivity contribution in [3.63, 3.8) is 0 Å². The van der Waals surface area contributed by atoms with Crippen molar-refractivity contribution in [1.82, 2.24) is 0 Å². The van der Waals surface area contributed by atoms with E-state index in [-0.39, 0.29) is 42.5 Å². The van der Waals surface area contributed by atoms with Crippen LogP contribution in [0.15, 0.2) is 54.6 Å². The fourth-order valence-corrected chi connectivity index (χ4v) is 5.65. The van der Waals surface area contributed by atoms with Crippen molar-refractivity contribution >= 4 is 56.5 Å². The van der Waals surface area contributed by atoms with Gasteiger partial charge in [-0.25, -0.2) is 0 Å². The Labute approximate surface area is 186 Å². The second-order valence-electron chi connectivity index (χ2n) is 6.09. The minimum absolute atomic E-state index is 0.0796. The molecule has 152 valence electrons. The number of phenolic OH excluding ortho intramolecular Hbond substituents is 2. The van der Waals surface area contributed by atoms with Crippen LogP contribution in [0.5, 0.6) is 11.5 Å². The first-order chi connectivity index (χ1) is 13.5. The van der Waals surface area contributed by atoms with Crippen LogP contribution < -0.4 is 0 Å². The number of aromatic hydroxyl groups is 2. The maximum absolute atomic E-state index is 13.0. The summed E-state index contributed by atoms with van der Waals surface area (Å²) in [6, 6.07) is 11.7. The molecule has 1 atom stereocenters. The normalized spacial score (nSPS) is 13.8. The number of rotatable bonds is 4. The lowest BCUT2D eigenvalue weighted by Crippen LogP contribution is -2.39. The summed E-state index contributed by atoms with van der Waals surface area (Å²) < 4.78 is 34.0. The molecule has 0 aliphatic carbocycles. The molecule has 29 heavy (non-hydrogen) atoms. The lowest BCUT2D eigenvalue weighted by atomic mass is 9.83. The van der Waals surface area contributed by atoms with Crippen molar-refractivity contribution in [3.05, 3.63) is 91.4 Å².